The van der Waals surface area contributed by atoms with Gasteiger partial charge in [-0.15, -0.1) is 11.6 Å². The molecule has 0 aromatic heterocycles. The minimum atomic E-state index is 0.142. The summed E-state index contributed by atoms with van der Waals surface area (Å²) in [6.45, 7) is 1.88. The molecule has 1 amide bonds. The van der Waals surface area contributed by atoms with Crippen molar-refractivity contribution in [2.45, 2.75) is 38.6 Å². The second kappa shape index (κ2) is 5.54. The second-order valence-corrected chi connectivity index (χ2v) is 4.95. The molecule has 1 aliphatic rings. The van der Waals surface area contributed by atoms with Gasteiger partial charge in [0.1, 0.15) is 0 Å². The van der Waals surface area contributed by atoms with Gasteiger partial charge >= 0.3 is 0 Å². The first-order chi connectivity index (χ1) is 8.22. The van der Waals surface area contributed by atoms with E-state index in [1.807, 2.05) is 6.92 Å². The van der Waals surface area contributed by atoms with E-state index in [1.165, 1.54) is 16.7 Å². The smallest absolute Gasteiger partial charge is 0.219 e. The lowest BCUT2D eigenvalue weighted by molar-refractivity contribution is -0.121. The topological polar surface area (TPSA) is 29.1 Å². The molecule has 1 aromatic carbocycles. The Morgan fingerprint density at radius 1 is 1.41 bits per heavy atom. The number of halogens is 1. The molecule has 0 spiro atoms. The van der Waals surface area contributed by atoms with Crippen molar-refractivity contribution in [1.82, 2.24) is 5.32 Å². The number of aryl methyl sites for hydroxylation is 1. The Morgan fingerprint density at radius 3 is 2.88 bits per heavy atom. The van der Waals surface area contributed by atoms with E-state index in [9.17, 15) is 4.79 Å². The summed E-state index contributed by atoms with van der Waals surface area (Å²) in [5.41, 5.74) is 4.03. The van der Waals surface area contributed by atoms with Crippen LogP contribution in [-0.2, 0) is 24.1 Å². The quantitative estimate of drug-likeness (QED) is 0.819. The molecule has 92 valence electrons. The van der Waals surface area contributed by atoms with E-state index >= 15 is 0 Å². The lowest BCUT2D eigenvalue weighted by Crippen LogP contribution is -2.34. The highest BCUT2D eigenvalue weighted by atomic mass is 35.5. The van der Waals surface area contributed by atoms with Gasteiger partial charge in [-0.1, -0.05) is 25.1 Å². The normalized spacial score (nSPS) is 17.9. The lowest BCUT2D eigenvalue weighted by atomic mass is 10.1. The molecule has 0 aliphatic heterocycles. The Kier molecular flexibility index (Phi) is 4.06. The van der Waals surface area contributed by atoms with Gasteiger partial charge in [-0.05, 0) is 36.0 Å². The average Bonchev–Trinajstić information content (AvgIpc) is 2.70. The van der Waals surface area contributed by atoms with E-state index in [1.54, 1.807) is 0 Å². The minimum absolute atomic E-state index is 0.142. The van der Waals surface area contributed by atoms with E-state index < -0.39 is 0 Å². The molecule has 0 unspecified atom stereocenters. The third-order valence-electron chi connectivity index (χ3n) is 3.27. The highest BCUT2D eigenvalue weighted by Gasteiger charge is 2.22. The molecule has 0 bridgehead atoms. The second-order valence-electron chi connectivity index (χ2n) is 4.57. The van der Waals surface area contributed by atoms with Crippen molar-refractivity contribution in [3.8, 4) is 0 Å². The van der Waals surface area contributed by atoms with Crippen molar-refractivity contribution in [2.75, 3.05) is 5.88 Å². The predicted octanol–water partition coefficient (Wildman–Crippen LogP) is 2.46. The van der Waals surface area contributed by atoms with Gasteiger partial charge < -0.3 is 5.32 Å². The van der Waals surface area contributed by atoms with Gasteiger partial charge in [-0.2, -0.15) is 0 Å². The number of carbonyl (C=O) groups excluding carboxylic acids is 1. The minimum Gasteiger partial charge on any atom is -0.353 e. The van der Waals surface area contributed by atoms with E-state index in [-0.39, 0.29) is 11.9 Å². The summed E-state index contributed by atoms with van der Waals surface area (Å²) in [5, 5.41) is 3.06. The van der Waals surface area contributed by atoms with Crippen LogP contribution < -0.4 is 5.32 Å². The molecule has 1 aromatic rings. The van der Waals surface area contributed by atoms with Gasteiger partial charge in [0.25, 0.3) is 0 Å². The molecule has 1 aliphatic carbocycles. The van der Waals surface area contributed by atoms with Crippen LogP contribution in [0, 0.1) is 0 Å². The average molecular weight is 252 g/mol. The van der Waals surface area contributed by atoms with E-state index in [4.69, 9.17) is 11.6 Å². The molecule has 0 fully saturated rings. The van der Waals surface area contributed by atoms with Crippen LogP contribution in [0.3, 0.4) is 0 Å². The third kappa shape index (κ3) is 3.01. The number of benzene rings is 1. The number of nitrogens with one attached hydrogen (secondary N) is 1. The maximum absolute atomic E-state index is 11.4. The van der Waals surface area contributed by atoms with Gasteiger partial charge in [-0.25, -0.2) is 0 Å². The predicted molar refractivity (Wildman–Crippen MR) is 70.5 cm³/mol. The summed E-state index contributed by atoms with van der Waals surface area (Å²) in [7, 11) is 0. The van der Waals surface area contributed by atoms with E-state index in [2.05, 4.69) is 23.5 Å². The first kappa shape index (κ1) is 12.4. The summed E-state index contributed by atoms with van der Waals surface area (Å²) < 4.78 is 0. The summed E-state index contributed by atoms with van der Waals surface area (Å²) in [4.78, 5) is 11.4. The van der Waals surface area contributed by atoms with Crippen LogP contribution in [0.5, 0.6) is 0 Å². The highest BCUT2D eigenvalue weighted by Crippen LogP contribution is 2.23. The first-order valence-electron chi connectivity index (χ1n) is 6.19. The molecule has 2 nitrogen and oxygen atoms in total. The molecule has 0 saturated heterocycles. The molecule has 1 N–H and O–H groups in total. The Labute approximate surface area is 107 Å². The van der Waals surface area contributed by atoms with Crippen LogP contribution in [0.25, 0.3) is 0 Å². The SMILES string of the molecule is CCC(=O)N[C@@H]1Cc2ccc(CCCl)cc2C1. The molecule has 0 saturated carbocycles. The van der Waals surface area contributed by atoms with Crippen LogP contribution in [0.15, 0.2) is 18.2 Å². The Morgan fingerprint density at radius 2 is 2.18 bits per heavy atom. The van der Waals surface area contributed by atoms with Gasteiger partial charge in [0.15, 0.2) is 0 Å². The number of alkyl halides is 1. The molecule has 0 heterocycles. The first-order valence-corrected chi connectivity index (χ1v) is 6.72. The maximum Gasteiger partial charge on any atom is 0.219 e. The molecule has 3 heteroatoms. The monoisotopic (exact) mass is 251 g/mol. The van der Waals surface area contributed by atoms with Gasteiger partial charge in [0.05, 0.1) is 0 Å². The Bertz CT molecular complexity index is 417. The van der Waals surface area contributed by atoms with E-state index in [0.29, 0.717) is 12.3 Å². The Hall–Kier alpha value is -1.02. The molecule has 1 atom stereocenters. The maximum atomic E-state index is 11.4. The van der Waals surface area contributed by atoms with Crippen LogP contribution in [0.4, 0.5) is 0 Å². The standard InChI is InChI=1S/C14H18ClNO/c1-2-14(17)16-13-8-11-4-3-10(5-6-15)7-12(11)9-13/h3-4,7,13H,2,5-6,8-9H2,1H3,(H,16,17)/t13-/m1/s1. The lowest BCUT2D eigenvalue weighted by Gasteiger charge is -2.10. The fraction of sp³-hybridized carbons (Fsp3) is 0.500. The van der Waals surface area contributed by atoms with Gasteiger partial charge in [-0.3, -0.25) is 4.79 Å². The molecule has 0 radical (unpaired) electrons. The van der Waals surface area contributed by atoms with Crippen molar-refractivity contribution >= 4 is 17.5 Å². The third-order valence-corrected chi connectivity index (χ3v) is 3.46. The van der Waals surface area contributed by atoms with Crippen molar-refractivity contribution in [1.29, 1.82) is 0 Å². The zero-order valence-corrected chi connectivity index (χ0v) is 10.9. The van der Waals surface area contributed by atoms with Gasteiger partial charge in [0.2, 0.25) is 5.91 Å². The number of hydrogen-bond acceptors (Lipinski definition) is 1. The van der Waals surface area contributed by atoms with E-state index in [0.717, 1.165) is 19.3 Å². The summed E-state index contributed by atoms with van der Waals surface area (Å²) in [6, 6.07) is 6.83. The van der Waals surface area contributed by atoms with Crippen LogP contribution >= 0.6 is 11.6 Å². The van der Waals surface area contributed by atoms with Crippen LogP contribution in [0.1, 0.15) is 30.0 Å². The van der Waals surface area contributed by atoms with Crippen LogP contribution in [-0.4, -0.2) is 17.8 Å². The number of rotatable bonds is 4. The van der Waals surface area contributed by atoms with Crippen molar-refractivity contribution < 1.29 is 4.79 Å². The molecule has 17 heavy (non-hydrogen) atoms. The molecule has 2 rings (SSSR count). The zero-order chi connectivity index (χ0) is 12.3. The number of carbonyl (C=O) groups is 1. The van der Waals surface area contributed by atoms with Crippen molar-refractivity contribution in [3.05, 3.63) is 34.9 Å². The highest BCUT2D eigenvalue weighted by molar-refractivity contribution is 6.17. The fourth-order valence-electron chi connectivity index (χ4n) is 2.37. The number of amides is 1. The molecular weight excluding hydrogens is 234 g/mol. The fourth-order valence-corrected chi connectivity index (χ4v) is 2.59. The summed E-state index contributed by atoms with van der Waals surface area (Å²) >= 11 is 5.75. The van der Waals surface area contributed by atoms with Crippen LogP contribution in [0.2, 0.25) is 0 Å². The largest absolute Gasteiger partial charge is 0.353 e. The number of fused-ring (bicyclic) bond motifs is 1. The van der Waals surface area contributed by atoms with Crippen molar-refractivity contribution in [2.24, 2.45) is 0 Å². The summed E-state index contributed by atoms with van der Waals surface area (Å²) in [6.07, 6.45) is 3.39. The van der Waals surface area contributed by atoms with Gasteiger partial charge in [0, 0.05) is 18.3 Å². The number of hydrogen-bond donors (Lipinski definition) is 1. The molecular formula is C14H18ClNO. The Balaban J connectivity index is 2.03. The summed E-state index contributed by atoms with van der Waals surface area (Å²) in [5.74, 6) is 0.804. The van der Waals surface area contributed by atoms with Crippen molar-refractivity contribution in [3.63, 3.8) is 0 Å². The zero-order valence-electron chi connectivity index (χ0n) is 10.1.